The zero-order chi connectivity index (χ0) is 21.3. The number of nitrogens with zero attached hydrogens (tertiary/aromatic N) is 6. The number of carbonyl (C=O) groups is 1. The molecule has 30 heavy (non-hydrogen) atoms. The Bertz CT molecular complexity index is 1070. The van der Waals surface area contributed by atoms with Crippen LogP contribution in [-0.2, 0) is 13.2 Å². The minimum atomic E-state index is -4.55. The minimum Gasteiger partial charge on any atom is -0.347 e. The lowest BCUT2D eigenvalue weighted by molar-refractivity contribution is -0.137. The molecule has 8 nitrogen and oxygen atoms in total. The van der Waals surface area contributed by atoms with E-state index in [9.17, 15) is 18.0 Å². The second kappa shape index (κ2) is 7.73. The summed E-state index contributed by atoms with van der Waals surface area (Å²) in [6.45, 7) is 1.07. The molecule has 3 aromatic rings. The Morgan fingerprint density at radius 1 is 1.27 bits per heavy atom. The van der Waals surface area contributed by atoms with Gasteiger partial charge < -0.3 is 10.2 Å². The fourth-order valence-corrected chi connectivity index (χ4v) is 3.26. The third-order valence-electron chi connectivity index (χ3n) is 4.78. The number of hydrogen-bond donors (Lipinski definition) is 1. The monoisotopic (exact) mass is 417 g/mol. The highest BCUT2D eigenvalue weighted by Crippen LogP contribution is 2.29. The zero-order valence-electron chi connectivity index (χ0n) is 16.0. The predicted octanol–water partition coefficient (Wildman–Crippen LogP) is 2.30. The van der Waals surface area contributed by atoms with Gasteiger partial charge in [0.1, 0.15) is 0 Å². The van der Waals surface area contributed by atoms with E-state index < -0.39 is 17.6 Å². The number of aryl methyl sites for hydroxylation is 1. The highest BCUT2D eigenvalue weighted by atomic mass is 19.4. The summed E-state index contributed by atoms with van der Waals surface area (Å²) in [6.07, 6.45) is 3.11. The fourth-order valence-electron chi connectivity index (χ4n) is 3.26. The van der Waals surface area contributed by atoms with Gasteiger partial charge in [0, 0.05) is 56.5 Å². The minimum absolute atomic E-state index is 0.127. The van der Waals surface area contributed by atoms with Crippen molar-refractivity contribution in [1.82, 2.24) is 30.0 Å². The number of hydrogen-bond acceptors (Lipinski definition) is 6. The standard InChI is InChI=1S/C19H18F3N7O/c1-28-10-13(8-25-28)16-2-4-24-18(27-16)29-5-3-15(11-29)26-17(30)12-6-14(9-23-7-12)19(20,21)22/h2,4,6-10,15H,3,5,11H2,1H3,(H,26,30). The molecule has 1 aliphatic heterocycles. The molecule has 1 unspecified atom stereocenters. The van der Waals surface area contributed by atoms with Crippen LogP contribution in [0.3, 0.4) is 0 Å². The number of alkyl halides is 3. The van der Waals surface area contributed by atoms with Gasteiger partial charge in [0.15, 0.2) is 0 Å². The summed E-state index contributed by atoms with van der Waals surface area (Å²) in [5.41, 5.74) is 0.514. The molecule has 0 aromatic carbocycles. The molecule has 0 aliphatic carbocycles. The largest absolute Gasteiger partial charge is 0.417 e. The molecule has 156 valence electrons. The molecule has 1 atom stereocenters. The summed E-state index contributed by atoms with van der Waals surface area (Å²) in [4.78, 5) is 26.7. The molecule has 1 fully saturated rings. The molecule has 1 aliphatic rings. The second-order valence-corrected chi connectivity index (χ2v) is 7.01. The van der Waals surface area contributed by atoms with Gasteiger partial charge in [-0.2, -0.15) is 18.3 Å². The maximum atomic E-state index is 12.8. The summed E-state index contributed by atoms with van der Waals surface area (Å²) in [5, 5.41) is 6.90. The highest BCUT2D eigenvalue weighted by molar-refractivity contribution is 5.94. The number of nitrogens with one attached hydrogen (secondary N) is 1. The fraction of sp³-hybridized carbons (Fsp3) is 0.316. The Labute approximate surface area is 169 Å². The van der Waals surface area contributed by atoms with Crippen LogP contribution in [0.4, 0.5) is 19.1 Å². The van der Waals surface area contributed by atoms with Crippen LogP contribution in [-0.4, -0.2) is 49.8 Å². The van der Waals surface area contributed by atoms with Crippen molar-refractivity contribution in [2.24, 2.45) is 7.05 Å². The van der Waals surface area contributed by atoms with E-state index in [0.717, 1.165) is 23.5 Å². The number of anilines is 1. The molecule has 1 amide bonds. The SMILES string of the molecule is Cn1cc(-c2ccnc(N3CCC(NC(=O)c4cncc(C(F)(F)F)c4)C3)n2)cn1. The van der Waals surface area contributed by atoms with Crippen molar-refractivity contribution in [3.05, 3.63) is 54.2 Å². The van der Waals surface area contributed by atoms with Gasteiger partial charge in [0.2, 0.25) is 5.95 Å². The van der Waals surface area contributed by atoms with Crippen molar-refractivity contribution in [3.8, 4) is 11.3 Å². The molecule has 0 spiro atoms. The Balaban J connectivity index is 1.42. The summed E-state index contributed by atoms with van der Waals surface area (Å²) < 4.78 is 40.2. The van der Waals surface area contributed by atoms with Crippen molar-refractivity contribution in [1.29, 1.82) is 0 Å². The average molecular weight is 417 g/mol. The van der Waals surface area contributed by atoms with Crippen molar-refractivity contribution in [3.63, 3.8) is 0 Å². The van der Waals surface area contributed by atoms with E-state index in [1.165, 1.54) is 0 Å². The number of rotatable bonds is 4. The smallest absolute Gasteiger partial charge is 0.347 e. The quantitative estimate of drug-likeness (QED) is 0.701. The van der Waals surface area contributed by atoms with Gasteiger partial charge in [-0.15, -0.1) is 0 Å². The van der Waals surface area contributed by atoms with Crippen LogP contribution < -0.4 is 10.2 Å². The van der Waals surface area contributed by atoms with E-state index in [1.807, 2.05) is 18.1 Å². The van der Waals surface area contributed by atoms with Crippen LogP contribution in [0, 0.1) is 0 Å². The Morgan fingerprint density at radius 2 is 2.10 bits per heavy atom. The van der Waals surface area contributed by atoms with Crippen LogP contribution in [0.25, 0.3) is 11.3 Å². The first-order valence-corrected chi connectivity index (χ1v) is 9.20. The lowest BCUT2D eigenvalue weighted by Gasteiger charge is -2.17. The molecule has 3 aromatic heterocycles. The van der Waals surface area contributed by atoms with Gasteiger partial charge in [-0.1, -0.05) is 0 Å². The summed E-state index contributed by atoms with van der Waals surface area (Å²) in [5.74, 6) is -0.0701. The van der Waals surface area contributed by atoms with Crippen LogP contribution >= 0.6 is 0 Å². The van der Waals surface area contributed by atoms with Crippen molar-refractivity contribution >= 4 is 11.9 Å². The van der Waals surface area contributed by atoms with Crippen LogP contribution in [0.2, 0.25) is 0 Å². The van der Waals surface area contributed by atoms with E-state index >= 15 is 0 Å². The normalized spacial score (nSPS) is 16.7. The Morgan fingerprint density at radius 3 is 2.83 bits per heavy atom. The first-order chi connectivity index (χ1) is 14.3. The number of aromatic nitrogens is 5. The first kappa shape index (κ1) is 19.8. The zero-order valence-corrected chi connectivity index (χ0v) is 16.0. The number of halogens is 3. The average Bonchev–Trinajstić information content (AvgIpc) is 3.37. The van der Waals surface area contributed by atoms with E-state index in [-0.39, 0.29) is 11.6 Å². The van der Waals surface area contributed by atoms with Gasteiger partial charge in [-0.05, 0) is 18.6 Å². The first-order valence-electron chi connectivity index (χ1n) is 9.20. The molecule has 11 heteroatoms. The molecule has 0 bridgehead atoms. The molecule has 4 rings (SSSR count). The lowest BCUT2D eigenvalue weighted by Crippen LogP contribution is -2.37. The van der Waals surface area contributed by atoms with Crippen molar-refractivity contribution < 1.29 is 18.0 Å². The molecular weight excluding hydrogens is 399 g/mol. The van der Waals surface area contributed by atoms with Gasteiger partial charge in [-0.3, -0.25) is 14.5 Å². The van der Waals surface area contributed by atoms with Gasteiger partial charge in [0.05, 0.1) is 23.0 Å². The Kier molecular flexibility index (Phi) is 5.10. The van der Waals surface area contributed by atoms with Gasteiger partial charge in [-0.25, -0.2) is 9.97 Å². The topological polar surface area (TPSA) is 88.8 Å². The third kappa shape index (κ3) is 4.24. The maximum Gasteiger partial charge on any atom is 0.417 e. The van der Waals surface area contributed by atoms with Crippen molar-refractivity contribution in [2.75, 3.05) is 18.0 Å². The summed E-state index contributed by atoms with van der Waals surface area (Å²) in [6, 6.07) is 2.35. The number of amides is 1. The highest BCUT2D eigenvalue weighted by Gasteiger charge is 2.32. The van der Waals surface area contributed by atoms with Crippen LogP contribution in [0.5, 0.6) is 0 Å². The van der Waals surface area contributed by atoms with E-state index in [1.54, 1.807) is 23.1 Å². The molecule has 1 saturated heterocycles. The third-order valence-corrected chi connectivity index (χ3v) is 4.78. The van der Waals surface area contributed by atoms with Crippen molar-refractivity contribution in [2.45, 2.75) is 18.6 Å². The van der Waals surface area contributed by atoms with Gasteiger partial charge >= 0.3 is 6.18 Å². The maximum absolute atomic E-state index is 12.8. The summed E-state index contributed by atoms with van der Waals surface area (Å²) in [7, 11) is 1.82. The van der Waals surface area contributed by atoms with E-state index in [0.29, 0.717) is 31.7 Å². The van der Waals surface area contributed by atoms with E-state index in [2.05, 4.69) is 25.4 Å². The summed E-state index contributed by atoms with van der Waals surface area (Å²) >= 11 is 0. The van der Waals surface area contributed by atoms with Gasteiger partial charge in [0.25, 0.3) is 5.91 Å². The Hall–Kier alpha value is -3.50. The molecule has 0 saturated carbocycles. The van der Waals surface area contributed by atoms with E-state index in [4.69, 9.17) is 0 Å². The number of pyridine rings is 1. The second-order valence-electron chi connectivity index (χ2n) is 7.01. The lowest BCUT2D eigenvalue weighted by atomic mass is 10.1. The van der Waals surface area contributed by atoms with Crippen LogP contribution in [0.15, 0.2) is 43.1 Å². The van der Waals surface area contributed by atoms with Crippen LogP contribution in [0.1, 0.15) is 22.3 Å². The molecule has 0 radical (unpaired) electrons. The molecule has 1 N–H and O–H groups in total. The predicted molar refractivity (Wildman–Crippen MR) is 102 cm³/mol. The number of carbonyl (C=O) groups excluding carboxylic acids is 1. The molecule has 4 heterocycles. The molecular formula is C19H18F3N7O.